The van der Waals surface area contributed by atoms with Crippen molar-refractivity contribution in [3.8, 4) is 5.75 Å². The van der Waals surface area contributed by atoms with Crippen LogP contribution in [0.15, 0.2) is 30.5 Å². The lowest BCUT2D eigenvalue weighted by Gasteiger charge is -2.12. The van der Waals surface area contributed by atoms with Gasteiger partial charge in [-0.2, -0.15) is 0 Å². The van der Waals surface area contributed by atoms with Gasteiger partial charge in [-0.25, -0.2) is 8.78 Å². The third kappa shape index (κ3) is 2.44. The number of pyridine rings is 1. The maximum atomic E-state index is 13.6. The summed E-state index contributed by atoms with van der Waals surface area (Å²) in [6.07, 6.45) is 1.59. The molecule has 2 heterocycles. The van der Waals surface area contributed by atoms with Crippen LogP contribution in [0.5, 0.6) is 5.75 Å². The number of hydrogen-bond donors (Lipinski definition) is 1. The molecule has 2 aromatic rings. The predicted octanol–water partition coefficient (Wildman–Crippen LogP) is 2.53. The predicted molar refractivity (Wildman–Crippen MR) is 71.0 cm³/mol. The number of hydrogen-bond acceptors (Lipinski definition) is 3. The van der Waals surface area contributed by atoms with Crippen LogP contribution in [0.4, 0.5) is 8.78 Å². The molecule has 0 saturated carbocycles. The molecule has 0 unspecified atom stereocenters. The van der Waals surface area contributed by atoms with E-state index < -0.39 is 17.7 Å². The van der Waals surface area contributed by atoms with Crippen molar-refractivity contribution in [1.29, 1.82) is 0 Å². The van der Waals surface area contributed by atoms with Gasteiger partial charge in [-0.15, -0.1) is 0 Å². The first-order valence-electron chi connectivity index (χ1n) is 6.40. The number of aryl methyl sites for hydroxylation is 1. The molecular formula is C15H12F2N2O2. The summed E-state index contributed by atoms with van der Waals surface area (Å²) in [5.41, 5.74) is 1.31. The minimum atomic E-state index is -0.765. The molecule has 4 nitrogen and oxygen atoms in total. The van der Waals surface area contributed by atoms with Crippen molar-refractivity contribution < 1.29 is 18.3 Å². The van der Waals surface area contributed by atoms with Crippen molar-refractivity contribution in [2.45, 2.75) is 13.0 Å². The molecule has 0 aliphatic carbocycles. The number of nitrogens with zero attached hydrogens (tertiary/aromatic N) is 1. The molecule has 0 fully saturated rings. The van der Waals surface area contributed by atoms with Gasteiger partial charge in [0.05, 0.1) is 11.6 Å². The molecule has 1 aromatic heterocycles. The average Bonchev–Trinajstić information content (AvgIpc) is 2.82. The molecule has 0 spiro atoms. The van der Waals surface area contributed by atoms with Gasteiger partial charge in [-0.1, -0.05) is 0 Å². The number of rotatable bonds is 2. The van der Waals surface area contributed by atoms with Crippen molar-refractivity contribution >= 4 is 5.91 Å². The lowest BCUT2D eigenvalue weighted by atomic mass is 10.1. The van der Waals surface area contributed by atoms with E-state index in [9.17, 15) is 13.6 Å². The van der Waals surface area contributed by atoms with Crippen LogP contribution < -0.4 is 10.1 Å². The highest BCUT2D eigenvalue weighted by atomic mass is 19.1. The summed E-state index contributed by atoms with van der Waals surface area (Å²) >= 11 is 0. The van der Waals surface area contributed by atoms with E-state index in [0.29, 0.717) is 16.8 Å². The summed E-state index contributed by atoms with van der Waals surface area (Å²) < 4.78 is 32.1. The molecule has 0 saturated heterocycles. The first kappa shape index (κ1) is 13.5. The molecule has 21 heavy (non-hydrogen) atoms. The Labute approximate surface area is 119 Å². The van der Waals surface area contributed by atoms with E-state index in [1.165, 1.54) is 6.07 Å². The molecule has 1 atom stereocenters. The number of amides is 1. The Morgan fingerprint density at radius 3 is 3.00 bits per heavy atom. The summed E-state index contributed by atoms with van der Waals surface area (Å²) in [4.78, 5) is 16.2. The lowest BCUT2D eigenvalue weighted by molar-refractivity contribution is 0.0929. The zero-order valence-corrected chi connectivity index (χ0v) is 11.2. The number of carbonyl (C=O) groups excluding carboxylic acids is 1. The summed E-state index contributed by atoms with van der Waals surface area (Å²) in [5.74, 6) is -1.83. The second kappa shape index (κ2) is 5.12. The normalized spacial score (nSPS) is 16.2. The van der Waals surface area contributed by atoms with E-state index in [1.807, 2.05) is 0 Å². The quantitative estimate of drug-likeness (QED) is 0.924. The molecule has 0 bridgehead atoms. The first-order valence-corrected chi connectivity index (χ1v) is 6.40. The van der Waals surface area contributed by atoms with Crippen molar-refractivity contribution in [1.82, 2.24) is 10.3 Å². The van der Waals surface area contributed by atoms with Gasteiger partial charge in [0, 0.05) is 23.5 Å². The number of halogens is 2. The highest BCUT2D eigenvalue weighted by Crippen LogP contribution is 2.35. The zero-order valence-electron chi connectivity index (χ0n) is 11.2. The molecule has 108 valence electrons. The molecular weight excluding hydrogens is 278 g/mol. The van der Waals surface area contributed by atoms with Crippen LogP contribution in [0.25, 0.3) is 0 Å². The summed E-state index contributed by atoms with van der Waals surface area (Å²) in [6, 6.07) is 4.64. The fourth-order valence-electron chi connectivity index (χ4n) is 2.33. The summed E-state index contributed by atoms with van der Waals surface area (Å²) in [6.45, 7) is 1.79. The van der Waals surface area contributed by atoms with Gasteiger partial charge >= 0.3 is 0 Å². The maximum Gasteiger partial charge on any atom is 0.253 e. The fourth-order valence-corrected chi connectivity index (χ4v) is 2.33. The Morgan fingerprint density at radius 1 is 1.43 bits per heavy atom. The van der Waals surface area contributed by atoms with Crippen molar-refractivity contribution in [3.05, 3.63) is 58.9 Å². The Bertz CT molecular complexity index is 719. The van der Waals surface area contributed by atoms with Crippen LogP contribution in [0.1, 0.15) is 27.7 Å². The number of fused-ring (bicyclic) bond motifs is 1. The standard InChI is InChI=1S/C15H12F2N2O2/c1-8-10(3-2-4-18-8)15(20)19-13-7-21-14-11(13)5-9(16)6-12(14)17/h2-6,13H,7H2,1H3,(H,19,20)/t13-/m1/s1. The van der Waals surface area contributed by atoms with Gasteiger partial charge in [0.15, 0.2) is 11.6 Å². The highest BCUT2D eigenvalue weighted by molar-refractivity contribution is 5.95. The van der Waals surface area contributed by atoms with Crippen molar-refractivity contribution in [2.24, 2.45) is 0 Å². The molecule has 1 aliphatic rings. The smallest absolute Gasteiger partial charge is 0.253 e. The first-order chi connectivity index (χ1) is 10.1. The van der Waals surface area contributed by atoms with Gasteiger partial charge in [-0.05, 0) is 25.1 Å². The van der Waals surface area contributed by atoms with Crippen LogP contribution >= 0.6 is 0 Å². The minimum absolute atomic E-state index is 0.00962. The number of nitrogens with one attached hydrogen (secondary N) is 1. The van der Waals surface area contributed by atoms with Gasteiger partial charge in [0.25, 0.3) is 5.91 Å². The van der Waals surface area contributed by atoms with Crippen molar-refractivity contribution in [3.63, 3.8) is 0 Å². The molecule has 6 heteroatoms. The van der Waals surface area contributed by atoms with Crippen molar-refractivity contribution in [2.75, 3.05) is 6.61 Å². The maximum absolute atomic E-state index is 13.6. The van der Waals surface area contributed by atoms with E-state index in [0.717, 1.165) is 6.07 Å². The van der Waals surface area contributed by atoms with Crippen LogP contribution in [-0.4, -0.2) is 17.5 Å². The Kier molecular flexibility index (Phi) is 3.29. The number of ether oxygens (including phenoxy) is 1. The van der Waals surface area contributed by atoms with Gasteiger partial charge in [-0.3, -0.25) is 9.78 Å². The number of carbonyl (C=O) groups is 1. The van der Waals surface area contributed by atoms with E-state index in [-0.39, 0.29) is 18.3 Å². The average molecular weight is 290 g/mol. The van der Waals surface area contributed by atoms with Gasteiger partial charge in [0.1, 0.15) is 12.4 Å². The van der Waals surface area contributed by atoms with E-state index in [4.69, 9.17) is 4.74 Å². The topological polar surface area (TPSA) is 51.2 Å². The largest absolute Gasteiger partial charge is 0.488 e. The number of aromatic nitrogens is 1. The third-order valence-electron chi connectivity index (χ3n) is 3.36. The van der Waals surface area contributed by atoms with Crippen LogP contribution in [0.3, 0.4) is 0 Å². The highest BCUT2D eigenvalue weighted by Gasteiger charge is 2.29. The second-order valence-electron chi connectivity index (χ2n) is 4.78. The summed E-state index contributed by atoms with van der Waals surface area (Å²) in [5, 5.41) is 2.71. The molecule has 1 aromatic carbocycles. The Balaban J connectivity index is 1.86. The molecule has 0 radical (unpaired) electrons. The SMILES string of the molecule is Cc1ncccc1C(=O)N[C@@H]1COc2c(F)cc(F)cc21. The molecule has 1 aliphatic heterocycles. The van der Waals surface area contributed by atoms with Crippen LogP contribution in [0, 0.1) is 18.6 Å². The Morgan fingerprint density at radius 2 is 2.24 bits per heavy atom. The fraction of sp³-hybridized carbons (Fsp3) is 0.200. The zero-order chi connectivity index (χ0) is 15.0. The van der Waals surface area contributed by atoms with Gasteiger partial charge < -0.3 is 10.1 Å². The van der Waals surface area contributed by atoms with E-state index in [2.05, 4.69) is 10.3 Å². The minimum Gasteiger partial charge on any atom is -0.488 e. The monoisotopic (exact) mass is 290 g/mol. The second-order valence-corrected chi connectivity index (χ2v) is 4.78. The van der Waals surface area contributed by atoms with E-state index >= 15 is 0 Å². The van der Waals surface area contributed by atoms with Gasteiger partial charge in [0.2, 0.25) is 0 Å². The molecule has 3 rings (SSSR count). The lowest BCUT2D eigenvalue weighted by Crippen LogP contribution is -2.30. The van der Waals surface area contributed by atoms with E-state index in [1.54, 1.807) is 25.3 Å². The van der Waals surface area contributed by atoms with Crippen LogP contribution in [-0.2, 0) is 0 Å². The Hall–Kier alpha value is -2.50. The number of benzene rings is 1. The summed E-state index contributed by atoms with van der Waals surface area (Å²) in [7, 11) is 0. The van der Waals surface area contributed by atoms with Crippen LogP contribution in [0.2, 0.25) is 0 Å². The third-order valence-corrected chi connectivity index (χ3v) is 3.36. The molecule has 1 amide bonds. The molecule has 1 N–H and O–H groups in total.